The maximum atomic E-state index is 10.9. The van der Waals surface area contributed by atoms with Gasteiger partial charge in [-0.05, 0) is 31.4 Å². The van der Waals surface area contributed by atoms with E-state index < -0.39 is 5.97 Å². The second kappa shape index (κ2) is 3.15. The number of fused-ring (bicyclic) bond motifs is 1. The molecule has 2 rings (SSSR count). The fraction of sp³-hybridized carbons (Fsp3) is 0.545. The lowest BCUT2D eigenvalue weighted by Crippen LogP contribution is -2.16. The molecule has 1 aromatic rings. The molecule has 0 radical (unpaired) electrons. The van der Waals surface area contributed by atoms with Crippen molar-refractivity contribution < 1.29 is 14.3 Å². The Balaban J connectivity index is 2.29. The van der Waals surface area contributed by atoms with E-state index in [4.69, 9.17) is 9.52 Å². The normalized spacial score (nSPS) is 22.0. The lowest BCUT2D eigenvalue weighted by molar-refractivity contribution is -0.142. The standard InChI is InChI=1S/C11H14O3/c1-6-5-8-3-4-9(10(8)14-6)7(2)11(12)13/h5,7,9H,3-4H2,1-2H3,(H,12,13). The molecule has 1 aliphatic rings. The molecule has 1 heterocycles. The number of carboxylic acids is 1. The number of furan rings is 1. The first-order valence-electron chi connectivity index (χ1n) is 4.91. The van der Waals surface area contributed by atoms with Gasteiger partial charge in [-0.25, -0.2) is 0 Å². The molecule has 0 bridgehead atoms. The van der Waals surface area contributed by atoms with Crippen molar-refractivity contribution in [3.05, 3.63) is 23.2 Å². The number of aryl methyl sites for hydroxylation is 2. The Morgan fingerprint density at radius 3 is 3.07 bits per heavy atom. The Bertz CT molecular complexity index is 365. The zero-order valence-electron chi connectivity index (χ0n) is 8.41. The summed E-state index contributed by atoms with van der Waals surface area (Å²) in [5.41, 5.74) is 1.20. The predicted molar refractivity (Wildman–Crippen MR) is 51.3 cm³/mol. The van der Waals surface area contributed by atoms with Crippen LogP contribution >= 0.6 is 0 Å². The summed E-state index contributed by atoms with van der Waals surface area (Å²) < 4.78 is 5.55. The SMILES string of the molecule is Cc1cc2c(o1)C(C(C)C(=O)O)CC2. The van der Waals surface area contributed by atoms with Crippen LogP contribution in [0.2, 0.25) is 0 Å². The van der Waals surface area contributed by atoms with E-state index in [2.05, 4.69) is 0 Å². The molecule has 0 saturated carbocycles. The number of hydrogen-bond donors (Lipinski definition) is 1. The van der Waals surface area contributed by atoms with Crippen molar-refractivity contribution >= 4 is 5.97 Å². The third kappa shape index (κ3) is 1.33. The second-order valence-corrected chi connectivity index (χ2v) is 4.02. The van der Waals surface area contributed by atoms with Crippen LogP contribution in [0.4, 0.5) is 0 Å². The number of hydrogen-bond acceptors (Lipinski definition) is 2. The molecule has 3 nitrogen and oxygen atoms in total. The third-order valence-electron chi connectivity index (χ3n) is 3.02. The lowest BCUT2D eigenvalue weighted by atomic mass is 9.93. The van der Waals surface area contributed by atoms with Gasteiger partial charge in [-0.1, -0.05) is 6.92 Å². The monoisotopic (exact) mass is 194 g/mol. The maximum absolute atomic E-state index is 10.9. The minimum Gasteiger partial charge on any atom is -0.481 e. The van der Waals surface area contributed by atoms with Crippen molar-refractivity contribution in [2.45, 2.75) is 32.6 Å². The topological polar surface area (TPSA) is 50.4 Å². The highest BCUT2D eigenvalue weighted by Crippen LogP contribution is 2.39. The van der Waals surface area contributed by atoms with Gasteiger partial charge >= 0.3 is 5.97 Å². The van der Waals surface area contributed by atoms with Crippen LogP contribution in [0.15, 0.2) is 10.5 Å². The Hall–Kier alpha value is -1.25. The summed E-state index contributed by atoms with van der Waals surface area (Å²) >= 11 is 0. The van der Waals surface area contributed by atoms with Crippen LogP contribution < -0.4 is 0 Å². The molecule has 2 unspecified atom stereocenters. The van der Waals surface area contributed by atoms with Crippen LogP contribution in [-0.2, 0) is 11.2 Å². The van der Waals surface area contributed by atoms with Crippen LogP contribution in [0.1, 0.15) is 36.3 Å². The van der Waals surface area contributed by atoms with Gasteiger partial charge in [-0.2, -0.15) is 0 Å². The molecule has 1 aliphatic carbocycles. The second-order valence-electron chi connectivity index (χ2n) is 4.02. The average molecular weight is 194 g/mol. The lowest BCUT2D eigenvalue weighted by Gasteiger charge is -2.13. The predicted octanol–water partition coefficient (Wildman–Crippen LogP) is 2.34. The number of aliphatic carboxylic acids is 1. The summed E-state index contributed by atoms with van der Waals surface area (Å²) in [6, 6.07) is 2.02. The number of rotatable bonds is 2. The van der Waals surface area contributed by atoms with Crippen LogP contribution in [-0.4, -0.2) is 11.1 Å². The Kier molecular flexibility index (Phi) is 2.10. The quantitative estimate of drug-likeness (QED) is 0.786. The van der Waals surface area contributed by atoms with Gasteiger partial charge in [0.05, 0.1) is 5.92 Å². The summed E-state index contributed by atoms with van der Waals surface area (Å²) in [6.45, 7) is 3.65. The summed E-state index contributed by atoms with van der Waals surface area (Å²) in [4.78, 5) is 10.9. The first kappa shape index (κ1) is 9.31. The van der Waals surface area contributed by atoms with Gasteiger partial charge in [-0.15, -0.1) is 0 Å². The minimum atomic E-state index is -0.739. The highest BCUT2D eigenvalue weighted by molar-refractivity contribution is 5.71. The smallest absolute Gasteiger partial charge is 0.306 e. The van der Waals surface area contributed by atoms with Crippen LogP contribution in [0.3, 0.4) is 0 Å². The van der Waals surface area contributed by atoms with E-state index >= 15 is 0 Å². The van der Waals surface area contributed by atoms with Gasteiger partial charge in [0.2, 0.25) is 0 Å². The van der Waals surface area contributed by atoms with E-state index in [1.165, 1.54) is 5.56 Å². The van der Waals surface area contributed by atoms with Crippen molar-refractivity contribution in [2.24, 2.45) is 5.92 Å². The molecule has 0 aliphatic heterocycles. The van der Waals surface area contributed by atoms with Crippen molar-refractivity contribution in [1.29, 1.82) is 0 Å². The summed E-state index contributed by atoms with van der Waals surface area (Å²) in [5, 5.41) is 8.93. The van der Waals surface area contributed by atoms with E-state index in [0.29, 0.717) is 0 Å². The largest absolute Gasteiger partial charge is 0.481 e. The molecule has 14 heavy (non-hydrogen) atoms. The molecule has 2 atom stereocenters. The Morgan fingerprint density at radius 1 is 1.71 bits per heavy atom. The molecule has 0 fully saturated rings. The summed E-state index contributed by atoms with van der Waals surface area (Å²) in [6.07, 6.45) is 1.86. The first-order chi connectivity index (χ1) is 6.59. The van der Waals surface area contributed by atoms with Gasteiger partial charge in [0.1, 0.15) is 11.5 Å². The van der Waals surface area contributed by atoms with Gasteiger partial charge in [0, 0.05) is 5.92 Å². The van der Waals surface area contributed by atoms with E-state index in [1.54, 1.807) is 6.92 Å². The van der Waals surface area contributed by atoms with Crippen molar-refractivity contribution in [3.63, 3.8) is 0 Å². The van der Waals surface area contributed by atoms with Gasteiger partial charge in [0.25, 0.3) is 0 Å². The molecule has 3 heteroatoms. The van der Waals surface area contributed by atoms with Gasteiger partial charge < -0.3 is 9.52 Å². The zero-order chi connectivity index (χ0) is 10.3. The fourth-order valence-corrected chi connectivity index (χ4v) is 2.19. The Labute approximate surface area is 82.7 Å². The molecular weight excluding hydrogens is 180 g/mol. The van der Waals surface area contributed by atoms with E-state index in [1.807, 2.05) is 13.0 Å². The highest BCUT2D eigenvalue weighted by atomic mass is 16.4. The molecule has 1 N–H and O–H groups in total. The van der Waals surface area contributed by atoms with Crippen LogP contribution in [0.25, 0.3) is 0 Å². The molecular formula is C11H14O3. The highest BCUT2D eigenvalue weighted by Gasteiger charge is 2.34. The third-order valence-corrected chi connectivity index (χ3v) is 3.02. The molecule has 76 valence electrons. The van der Waals surface area contributed by atoms with Gasteiger partial charge in [0.15, 0.2) is 0 Å². The van der Waals surface area contributed by atoms with Crippen molar-refractivity contribution in [2.75, 3.05) is 0 Å². The number of carboxylic acid groups (broad SMARTS) is 1. The average Bonchev–Trinajstić information content (AvgIpc) is 2.61. The Morgan fingerprint density at radius 2 is 2.43 bits per heavy atom. The molecule has 0 saturated heterocycles. The number of carbonyl (C=O) groups is 1. The molecule has 0 aromatic carbocycles. The van der Waals surface area contributed by atoms with E-state index in [9.17, 15) is 4.79 Å². The summed E-state index contributed by atoms with van der Waals surface area (Å²) in [5.74, 6) is 0.768. The first-order valence-corrected chi connectivity index (χ1v) is 4.91. The van der Waals surface area contributed by atoms with E-state index in [-0.39, 0.29) is 11.8 Å². The summed E-state index contributed by atoms with van der Waals surface area (Å²) in [7, 11) is 0. The van der Waals surface area contributed by atoms with Crippen LogP contribution in [0.5, 0.6) is 0 Å². The minimum absolute atomic E-state index is 0.0659. The van der Waals surface area contributed by atoms with E-state index in [0.717, 1.165) is 24.4 Å². The maximum Gasteiger partial charge on any atom is 0.306 e. The molecule has 0 amide bonds. The zero-order valence-corrected chi connectivity index (χ0v) is 8.41. The van der Waals surface area contributed by atoms with Crippen LogP contribution in [0, 0.1) is 12.8 Å². The van der Waals surface area contributed by atoms with Gasteiger partial charge in [-0.3, -0.25) is 4.79 Å². The fourth-order valence-electron chi connectivity index (χ4n) is 2.19. The van der Waals surface area contributed by atoms with Crippen molar-refractivity contribution in [1.82, 2.24) is 0 Å². The molecule has 1 aromatic heterocycles. The van der Waals surface area contributed by atoms with Crippen molar-refractivity contribution in [3.8, 4) is 0 Å². The molecule has 0 spiro atoms.